The van der Waals surface area contributed by atoms with E-state index in [4.69, 9.17) is 23.2 Å². The highest BCUT2D eigenvalue weighted by Gasteiger charge is 2.23. The molecule has 0 bridgehead atoms. The minimum absolute atomic E-state index is 0.104. The molecule has 1 aromatic carbocycles. The van der Waals surface area contributed by atoms with Crippen molar-refractivity contribution >= 4 is 40.7 Å². The molecule has 5 nitrogen and oxygen atoms in total. The maximum atomic E-state index is 12.7. The fourth-order valence-electron chi connectivity index (χ4n) is 2.64. The summed E-state index contributed by atoms with van der Waals surface area (Å²) < 4.78 is 0. The predicted octanol–water partition coefficient (Wildman–Crippen LogP) is 3.88. The highest BCUT2D eigenvalue weighted by atomic mass is 35.5. The molecule has 1 aliphatic heterocycles. The molecule has 1 fully saturated rings. The van der Waals surface area contributed by atoms with Gasteiger partial charge >= 0.3 is 0 Å². The van der Waals surface area contributed by atoms with Crippen LogP contribution in [-0.2, 0) is 0 Å². The second-order valence-corrected chi connectivity index (χ2v) is 6.33. The molecule has 0 radical (unpaired) electrons. The van der Waals surface area contributed by atoms with Crippen molar-refractivity contribution in [3.05, 3.63) is 57.8 Å². The molecule has 2 amide bonds. The van der Waals surface area contributed by atoms with Crippen LogP contribution in [0.15, 0.2) is 36.5 Å². The molecule has 3 rings (SSSR count). The summed E-state index contributed by atoms with van der Waals surface area (Å²) in [4.78, 5) is 30.7. The third kappa shape index (κ3) is 3.68. The van der Waals surface area contributed by atoms with Gasteiger partial charge in [0.05, 0.1) is 11.3 Å². The Labute approximate surface area is 149 Å². The molecule has 0 saturated carbocycles. The van der Waals surface area contributed by atoms with Crippen LogP contribution in [0.5, 0.6) is 0 Å². The lowest BCUT2D eigenvalue weighted by molar-refractivity contribution is 0.0794. The average molecular weight is 364 g/mol. The van der Waals surface area contributed by atoms with Crippen LogP contribution in [0.4, 0.5) is 5.69 Å². The molecule has 1 aromatic heterocycles. The van der Waals surface area contributed by atoms with E-state index in [0.717, 1.165) is 25.9 Å². The summed E-state index contributed by atoms with van der Waals surface area (Å²) in [5, 5.41) is 3.41. The maximum absolute atomic E-state index is 12.7. The van der Waals surface area contributed by atoms with Crippen LogP contribution < -0.4 is 5.32 Å². The van der Waals surface area contributed by atoms with Gasteiger partial charge in [-0.05, 0) is 43.2 Å². The van der Waals surface area contributed by atoms with Gasteiger partial charge in [0.15, 0.2) is 0 Å². The van der Waals surface area contributed by atoms with Gasteiger partial charge in [0.2, 0.25) is 0 Å². The zero-order valence-electron chi connectivity index (χ0n) is 12.8. The van der Waals surface area contributed by atoms with Crippen LogP contribution in [0.1, 0.15) is 33.6 Å². The van der Waals surface area contributed by atoms with Crippen LogP contribution in [0.25, 0.3) is 0 Å². The van der Waals surface area contributed by atoms with Gasteiger partial charge in [-0.1, -0.05) is 23.2 Å². The van der Waals surface area contributed by atoms with E-state index in [2.05, 4.69) is 10.3 Å². The van der Waals surface area contributed by atoms with E-state index in [1.54, 1.807) is 29.2 Å². The number of carbonyl (C=O) groups is 2. The van der Waals surface area contributed by atoms with Crippen molar-refractivity contribution in [2.24, 2.45) is 0 Å². The Kier molecular flexibility index (Phi) is 5.02. The van der Waals surface area contributed by atoms with Crippen molar-refractivity contribution < 1.29 is 9.59 Å². The van der Waals surface area contributed by atoms with Crippen molar-refractivity contribution in [3.63, 3.8) is 0 Å². The lowest BCUT2D eigenvalue weighted by Gasteiger charge is -2.18. The summed E-state index contributed by atoms with van der Waals surface area (Å²) in [5.74, 6) is -0.482. The van der Waals surface area contributed by atoms with Gasteiger partial charge in [0, 0.05) is 29.9 Å². The Morgan fingerprint density at radius 2 is 1.83 bits per heavy atom. The minimum Gasteiger partial charge on any atom is -0.339 e. The van der Waals surface area contributed by atoms with Gasteiger partial charge in [0.25, 0.3) is 11.8 Å². The number of likely N-dealkylation sites (tertiary alicyclic amines) is 1. The summed E-state index contributed by atoms with van der Waals surface area (Å²) in [6, 6.07) is 7.87. The van der Waals surface area contributed by atoms with E-state index >= 15 is 0 Å². The zero-order chi connectivity index (χ0) is 17.1. The van der Waals surface area contributed by atoms with Crippen LogP contribution in [0.3, 0.4) is 0 Å². The van der Waals surface area contributed by atoms with E-state index in [1.165, 1.54) is 12.3 Å². The number of hydrogen-bond acceptors (Lipinski definition) is 3. The molecule has 1 saturated heterocycles. The topological polar surface area (TPSA) is 62.3 Å². The van der Waals surface area contributed by atoms with Crippen molar-refractivity contribution in [1.29, 1.82) is 0 Å². The minimum atomic E-state index is -0.378. The Balaban J connectivity index is 1.88. The number of hydrogen-bond donors (Lipinski definition) is 1. The normalized spacial score (nSPS) is 13.8. The first-order chi connectivity index (χ1) is 11.5. The van der Waals surface area contributed by atoms with Gasteiger partial charge < -0.3 is 10.2 Å². The van der Waals surface area contributed by atoms with Crippen LogP contribution in [0, 0.1) is 0 Å². The van der Waals surface area contributed by atoms with Gasteiger partial charge in [0.1, 0.15) is 5.15 Å². The van der Waals surface area contributed by atoms with E-state index < -0.39 is 0 Å². The molecule has 7 heteroatoms. The fraction of sp³-hybridized carbons (Fsp3) is 0.235. The fourth-order valence-corrected chi connectivity index (χ4v) is 2.98. The Morgan fingerprint density at radius 1 is 1.08 bits per heavy atom. The third-order valence-electron chi connectivity index (χ3n) is 3.84. The lowest BCUT2D eigenvalue weighted by Crippen LogP contribution is -2.28. The first kappa shape index (κ1) is 16.7. The SMILES string of the molecule is O=C(Nc1cc(Cl)ccc1C(=O)N1CCCC1)c1ccnc(Cl)c1. The number of rotatable bonds is 3. The van der Waals surface area contributed by atoms with Gasteiger partial charge in [-0.25, -0.2) is 4.98 Å². The van der Waals surface area contributed by atoms with Crippen molar-refractivity contribution in [2.75, 3.05) is 18.4 Å². The smallest absolute Gasteiger partial charge is 0.255 e. The van der Waals surface area contributed by atoms with E-state index in [9.17, 15) is 9.59 Å². The summed E-state index contributed by atoms with van der Waals surface area (Å²) in [6.07, 6.45) is 3.44. The second kappa shape index (κ2) is 7.20. The van der Waals surface area contributed by atoms with Crippen molar-refractivity contribution in [1.82, 2.24) is 9.88 Å². The van der Waals surface area contributed by atoms with E-state index in [0.29, 0.717) is 21.8 Å². The van der Waals surface area contributed by atoms with Gasteiger partial charge in [-0.3, -0.25) is 9.59 Å². The molecule has 1 N–H and O–H groups in total. The number of amides is 2. The highest BCUT2D eigenvalue weighted by Crippen LogP contribution is 2.25. The number of nitrogens with one attached hydrogen (secondary N) is 1. The number of halogens is 2. The summed E-state index contributed by atoms with van der Waals surface area (Å²) >= 11 is 11.8. The van der Waals surface area contributed by atoms with Crippen LogP contribution in [0.2, 0.25) is 10.2 Å². The highest BCUT2D eigenvalue weighted by molar-refractivity contribution is 6.31. The largest absolute Gasteiger partial charge is 0.339 e. The molecule has 124 valence electrons. The number of aromatic nitrogens is 1. The Bertz CT molecular complexity index is 789. The lowest BCUT2D eigenvalue weighted by atomic mass is 10.1. The molecule has 1 aliphatic rings. The van der Waals surface area contributed by atoms with E-state index in [1.807, 2.05) is 0 Å². The molecular formula is C17H15Cl2N3O2. The average Bonchev–Trinajstić information content (AvgIpc) is 3.09. The standard InChI is InChI=1S/C17H15Cl2N3O2/c18-12-3-4-13(17(24)22-7-1-2-8-22)14(10-12)21-16(23)11-5-6-20-15(19)9-11/h3-6,9-10H,1-2,7-8H2,(H,21,23). The van der Waals surface area contributed by atoms with Crippen LogP contribution >= 0.6 is 23.2 Å². The molecule has 0 atom stereocenters. The van der Waals surface area contributed by atoms with Gasteiger partial charge in [-0.15, -0.1) is 0 Å². The first-order valence-corrected chi connectivity index (χ1v) is 8.32. The van der Waals surface area contributed by atoms with E-state index in [-0.39, 0.29) is 17.0 Å². The zero-order valence-corrected chi connectivity index (χ0v) is 14.3. The molecule has 2 aromatic rings. The van der Waals surface area contributed by atoms with Crippen molar-refractivity contribution in [3.8, 4) is 0 Å². The quantitative estimate of drug-likeness (QED) is 0.841. The summed E-state index contributed by atoms with van der Waals surface area (Å²) in [5.41, 5.74) is 1.17. The Morgan fingerprint density at radius 3 is 2.54 bits per heavy atom. The molecule has 24 heavy (non-hydrogen) atoms. The number of anilines is 1. The Hall–Kier alpha value is -2.11. The predicted molar refractivity (Wildman–Crippen MR) is 93.8 cm³/mol. The monoisotopic (exact) mass is 363 g/mol. The maximum Gasteiger partial charge on any atom is 0.255 e. The first-order valence-electron chi connectivity index (χ1n) is 7.56. The summed E-state index contributed by atoms with van der Waals surface area (Å²) in [7, 11) is 0. The number of benzene rings is 1. The third-order valence-corrected chi connectivity index (χ3v) is 4.28. The molecule has 0 unspecified atom stereocenters. The summed E-state index contributed by atoms with van der Waals surface area (Å²) in [6.45, 7) is 1.46. The molecular weight excluding hydrogens is 349 g/mol. The molecule has 0 aliphatic carbocycles. The number of carbonyl (C=O) groups excluding carboxylic acids is 2. The van der Waals surface area contributed by atoms with Crippen LogP contribution in [-0.4, -0.2) is 34.8 Å². The second-order valence-electron chi connectivity index (χ2n) is 5.51. The number of nitrogens with zero attached hydrogens (tertiary/aromatic N) is 2. The molecule has 2 heterocycles. The number of pyridine rings is 1. The van der Waals surface area contributed by atoms with Crippen molar-refractivity contribution in [2.45, 2.75) is 12.8 Å². The molecule has 0 spiro atoms. The van der Waals surface area contributed by atoms with Gasteiger partial charge in [-0.2, -0.15) is 0 Å².